The number of carbonyl (C=O) groups is 1. The number of anilines is 1. The van der Waals surface area contributed by atoms with Crippen molar-refractivity contribution in [2.75, 3.05) is 11.9 Å². The summed E-state index contributed by atoms with van der Waals surface area (Å²) in [4.78, 5) is 15.9. The minimum atomic E-state index is -0.0749. The van der Waals surface area contributed by atoms with E-state index < -0.39 is 0 Å². The summed E-state index contributed by atoms with van der Waals surface area (Å²) < 4.78 is 5.12. The van der Waals surface area contributed by atoms with E-state index in [0.717, 1.165) is 0 Å². The van der Waals surface area contributed by atoms with Crippen LogP contribution in [0.15, 0.2) is 28.8 Å². The first-order chi connectivity index (χ1) is 9.20. The van der Waals surface area contributed by atoms with Crippen molar-refractivity contribution in [3.63, 3.8) is 0 Å². The Morgan fingerprint density at radius 1 is 1.42 bits per heavy atom. The molecular weight excluding hydrogens is 244 g/mol. The van der Waals surface area contributed by atoms with E-state index in [4.69, 9.17) is 10.3 Å². The SMILES string of the molecule is Cc1noc(-c2ccccc2NC(=O)CCCN)n1. The van der Waals surface area contributed by atoms with E-state index in [1.54, 1.807) is 13.0 Å². The van der Waals surface area contributed by atoms with Crippen molar-refractivity contribution < 1.29 is 9.32 Å². The van der Waals surface area contributed by atoms with Crippen LogP contribution in [0.2, 0.25) is 0 Å². The second kappa shape index (κ2) is 6.10. The topological polar surface area (TPSA) is 94.0 Å². The third kappa shape index (κ3) is 3.38. The van der Waals surface area contributed by atoms with Crippen molar-refractivity contribution in [1.82, 2.24) is 10.1 Å². The summed E-state index contributed by atoms with van der Waals surface area (Å²) >= 11 is 0. The number of rotatable bonds is 5. The smallest absolute Gasteiger partial charge is 0.260 e. The van der Waals surface area contributed by atoms with Crippen LogP contribution in [0.1, 0.15) is 18.7 Å². The van der Waals surface area contributed by atoms with Crippen LogP contribution in [-0.4, -0.2) is 22.6 Å². The number of hydrogen-bond acceptors (Lipinski definition) is 5. The minimum Gasteiger partial charge on any atom is -0.334 e. The molecule has 2 aromatic rings. The highest BCUT2D eigenvalue weighted by Crippen LogP contribution is 2.26. The van der Waals surface area contributed by atoms with Crippen molar-refractivity contribution in [2.24, 2.45) is 5.73 Å². The quantitative estimate of drug-likeness (QED) is 0.853. The Hall–Kier alpha value is -2.21. The first-order valence-corrected chi connectivity index (χ1v) is 6.10. The summed E-state index contributed by atoms with van der Waals surface area (Å²) in [5, 5.41) is 6.58. The van der Waals surface area contributed by atoms with Gasteiger partial charge < -0.3 is 15.6 Å². The predicted molar refractivity (Wildman–Crippen MR) is 71.4 cm³/mol. The van der Waals surface area contributed by atoms with E-state index in [1.165, 1.54) is 0 Å². The molecule has 0 bridgehead atoms. The molecule has 100 valence electrons. The van der Waals surface area contributed by atoms with Gasteiger partial charge in [0.2, 0.25) is 5.91 Å². The van der Waals surface area contributed by atoms with Crippen LogP contribution in [0.4, 0.5) is 5.69 Å². The third-order valence-corrected chi connectivity index (χ3v) is 2.57. The van der Waals surface area contributed by atoms with Gasteiger partial charge in [-0.25, -0.2) is 0 Å². The summed E-state index contributed by atoms with van der Waals surface area (Å²) in [5.41, 5.74) is 6.75. The predicted octanol–water partition coefficient (Wildman–Crippen LogP) is 1.72. The lowest BCUT2D eigenvalue weighted by Gasteiger charge is -2.07. The Bertz CT molecular complexity index is 565. The molecule has 0 saturated carbocycles. The molecule has 0 unspecified atom stereocenters. The van der Waals surface area contributed by atoms with Crippen molar-refractivity contribution in [3.05, 3.63) is 30.1 Å². The lowest BCUT2D eigenvalue weighted by Crippen LogP contribution is -2.14. The molecule has 19 heavy (non-hydrogen) atoms. The van der Waals surface area contributed by atoms with Gasteiger partial charge in [0, 0.05) is 6.42 Å². The molecule has 6 heteroatoms. The van der Waals surface area contributed by atoms with Crippen molar-refractivity contribution in [2.45, 2.75) is 19.8 Å². The number of carbonyl (C=O) groups excluding carboxylic acids is 1. The molecule has 0 atom stereocenters. The summed E-state index contributed by atoms with van der Waals surface area (Å²) in [6, 6.07) is 7.32. The lowest BCUT2D eigenvalue weighted by atomic mass is 10.1. The lowest BCUT2D eigenvalue weighted by molar-refractivity contribution is -0.116. The van der Waals surface area contributed by atoms with Gasteiger partial charge in [-0.2, -0.15) is 4.98 Å². The molecule has 0 spiro atoms. The van der Waals surface area contributed by atoms with Gasteiger partial charge in [-0.15, -0.1) is 0 Å². The average Bonchev–Trinajstić information content (AvgIpc) is 2.83. The highest BCUT2D eigenvalue weighted by molar-refractivity contribution is 5.94. The van der Waals surface area contributed by atoms with Gasteiger partial charge in [0.05, 0.1) is 11.3 Å². The van der Waals surface area contributed by atoms with Gasteiger partial charge in [0.15, 0.2) is 5.82 Å². The third-order valence-electron chi connectivity index (χ3n) is 2.57. The van der Waals surface area contributed by atoms with Crippen LogP contribution >= 0.6 is 0 Å². The standard InChI is InChI=1S/C13H16N4O2/c1-9-15-13(19-17-9)10-5-2-3-6-11(10)16-12(18)7-4-8-14/h2-3,5-6H,4,7-8,14H2,1H3,(H,16,18). The molecule has 6 nitrogen and oxygen atoms in total. The summed E-state index contributed by atoms with van der Waals surface area (Å²) in [6.45, 7) is 2.24. The first kappa shape index (κ1) is 13.2. The van der Waals surface area contributed by atoms with E-state index in [1.807, 2.05) is 18.2 Å². The number of nitrogens with zero attached hydrogens (tertiary/aromatic N) is 2. The molecule has 1 amide bonds. The van der Waals surface area contributed by atoms with E-state index in [9.17, 15) is 4.79 Å². The summed E-state index contributed by atoms with van der Waals surface area (Å²) in [7, 11) is 0. The molecule has 1 aromatic heterocycles. The van der Waals surface area contributed by atoms with Gasteiger partial charge >= 0.3 is 0 Å². The maximum atomic E-state index is 11.7. The van der Waals surface area contributed by atoms with Gasteiger partial charge in [0.25, 0.3) is 5.89 Å². The van der Waals surface area contributed by atoms with Crippen LogP contribution in [0.5, 0.6) is 0 Å². The maximum absolute atomic E-state index is 11.7. The molecular formula is C13H16N4O2. The van der Waals surface area contributed by atoms with E-state index in [0.29, 0.717) is 42.4 Å². The maximum Gasteiger partial charge on any atom is 0.260 e. The number of nitrogens with one attached hydrogen (secondary N) is 1. The van der Waals surface area contributed by atoms with Crippen LogP contribution in [0, 0.1) is 6.92 Å². The van der Waals surface area contributed by atoms with E-state index in [2.05, 4.69) is 15.5 Å². The Labute approximate surface area is 111 Å². The van der Waals surface area contributed by atoms with Gasteiger partial charge in [0.1, 0.15) is 0 Å². The molecule has 0 saturated heterocycles. The molecule has 0 aliphatic rings. The minimum absolute atomic E-state index is 0.0749. The molecule has 2 rings (SSSR count). The largest absolute Gasteiger partial charge is 0.334 e. The second-order valence-electron chi connectivity index (χ2n) is 4.13. The molecule has 0 aliphatic heterocycles. The van der Waals surface area contributed by atoms with Crippen LogP contribution < -0.4 is 11.1 Å². The van der Waals surface area contributed by atoms with Crippen molar-refractivity contribution in [1.29, 1.82) is 0 Å². The second-order valence-corrected chi connectivity index (χ2v) is 4.13. The zero-order valence-electron chi connectivity index (χ0n) is 10.7. The van der Waals surface area contributed by atoms with Crippen molar-refractivity contribution in [3.8, 4) is 11.5 Å². The number of aryl methyl sites for hydroxylation is 1. The summed E-state index contributed by atoms with van der Waals surface area (Å²) in [6.07, 6.45) is 1.06. The Kier molecular flexibility index (Phi) is 4.25. The Balaban J connectivity index is 2.19. The first-order valence-electron chi connectivity index (χ1n) is 6.10. The summed E-state index contributed by atoms with van der Waals surface area (Å²) in [5.74, 6) is 0.876. The highest BCUT2D eigenvalue weighted by Gasteiger charge is 2.12. The van der Waals surface area contributed by atoms with E-state index in [-0.39, 0.29) is 5.91 Å². The van der Waals surface area contributed by atoms with Gasteiger partial charge in [-0.3, -0.25) is 4.79 Å². The molecule has 0 radical (unpaired) electrons. The van der Waals surface area contributed by atoms with Crippen LogP contribution in [0.3, 0.4) is 0 Å². The van der Waals surface area contributed by atoms with Crippen LogP contribution in [-0.2, 0) is 4.79 Å². The molecule has 3 N–H and O–H groups in total. The fraction of sp³-hybridized carbons (Fsp3) is 0.308. The highest BCUT2D eigenvalue weighted by atomic mass is 16.5. The van der Waals surface area contributed by atoms with E-state index >= 15 is 0 Å². The number of hydrogen-bond donors (Lipinski definition) is 2. The molecule has 1 heterocycles. The number of para-hydroxylation sites is 1. The zero-order chi connectivity index (χ0) is 13.7. The number of amides is 1. The zero-order valence-corrected chi connectivity index (χ0v) is 10.7. The number of benzene rings is 1. The molecule has 1 aromatic carbocycles. The number of aromatic nitrogens is 2. The normalized spacial score (nSPS) is 10.4. The Morgan fingerprint density at radius 2 is 2.21 bits per heavy atom. The number of nitrogens with two attached hydrogens (primary N) is 1. The average molecular weight is 260 g/mol. The molecule has 0 fully saturated rings. The van der Waals surface area contributed by atoms with Gasteiger partial charge in [-0.05, 0) is 32.0 Å². The Morgan fingerprint density at radius 3 is 2.89 bits per heavy atom. The van der Waals surface area contributed by atoms with Crippen molar-refractivity contribution >= 4 is 11.6 Å². The van der Waals surface area contributed by atoms with Crippen LogP contribution in [0.25, 0.3) is 11.5 Å². The van der Waals surface area contributed by atoms with Gasteiger partial charge in [-0.1, -0.05) is 17.3 Å². The monoisotopic (exact) mass is 260 g/mol. The fourth-order valence-corrected chi connectivity index (χ4v) is 1.66. The molecule has 0 aliphatic carbocycles. The fourth-order valence-electron chi connectivity index (χ4n) is 1.66.